The Morgan fingerprint density at radius 1 is 1.24 bits per heavy atom. The molecule has 3 unspecified atom stereocenters. The highest BCUT2D eigenvalue weighted by atomic mass is 35.5. The lowest BCUT2D eigenvalue weighted by molar-refractivity contribution is -0.124. The first-order valence-electron chi connectivity index (χ1n) is 9.40. The van der Waals surface area contributed by atoms with Crippen molar-refractivity contribution in [2.75, 3.05) is 19.7 Å². The van der Waals surface area contributed by atoms with E-state index in [2.05, 4.69) is 29.7 Å². The number of carbonyl (C=O) groups excluding carboxylic acids is 1. The maximum Gasteiger partial charge on any atom is 0.220 e. The van der Waals surface area contributed by atoms with Crippen molar-refractivity contribution in [1.82, 2.24) is 10.6 Å². The third kappa shape index (κ3) is 5.70. The zero-order valence-corrected chi connectivity index (χ0v) is 15.9. The Kier molecular flexibility index (Phi) is 8.20. The van der Waals surface area contributed by atoms with Gasteiger partial charge < -0.3 is 15.4 Å². The van der Waals surface area contributed by atoms with Gasteiger partial charge in [-0.1, -0.05) is 37.3 Å². The zero-order chi connectivity index (χ0) is 16.8. The molecule has 0 saturated carbocycles. The number of piperidine rings is 1. The van der Waals surface area contributed by atoms with Crippen LogP contribution in [0.15, 0.2) is 30.3 Å². The van der Waals surface area contributed by atoms with Crippen LogP contribution in [0.25, 0.3) is 0 Å². The Labute approximate surface area is 157 Å². The molecule has 140 valence electrons. The molecule has 2 N–H and O–H groups in total. The molecule has 2 saturated heterocycles. The minimum absolute atomic E-state index is 0. The largest absolute Gasteiger partial charge is 0.376 e. The van der Waals surface area contributed by atoms with Gasteiger partial charge in [-0.15, -0.1) is 12.4 Å². The summed E-state index contributed by atoms with van der Waals surface area (Å²) >= 11 is 0. The summed E-state index contributed by atoms with van der Waals surface area (Å²) in [6.07, 6.45) is 5.18. The number of rotatable bonds is 6. The van der Waals surface area contributed by atoms with Crippen LogP contribution >= 0.6 is 12.4 Å². The summed E-state index contributed by atoms with van der Waals surface area (Å²) in [4.78, 5) is 12.7. The summed E-state index contributed by atoms with van der Waals surface area (Å²) < 4.78 is 5.87. The molecule has 3 atom stereocenters. The van der Waals surface area contributed by atoms with Crippen molar-refractivity contribution in [2.24, 2.45) is 11.8 Å². The third-order valence-corrected chi connectivity index (χ3v) is 5.51. The summed E-state index contributed by atoms with van der Waals surface area (Å²) in [5.41, 5.74) is 1.15. The van der Waals surface area contributed by atoms with E-state index in [4.69, 9.17) is 4.74 Å². The first-order chi connectivity index (χ1) is 11.7. The quantitative estimate of drug-likeness (QED) is 0.810. The Morgan fingerprint density at radius 2 is 1.96 bits per heavy atom. The smallest absolute Gasteiger partial charge is 0.220 e. The van der Waals surface area contributed by atoms with E-state index < -0.39 is 0 Å². The van der Waals surface area contributed by atoms with Gasteiger partial charge in [0, 0.05) is 13.0 Å². The van der Waals surface area contributed by atoms with Crippen molar-refractivity contribution < 1.29 is 9.53 Å². The molecule has 1 aromatic carbocycles. The zero-order valence-electron chi connectivity index (χ0n) is 15.1. The van der Waals surface area contributed by atoms with Crippen molar-refractivity contribution in [3.8, 4) is 0 Å². The lowest BCUT2D eigenvalue weighted by atomic mass is 9.84. The molecule has 2 heterocycles. The molecule has 0 radical (unpaired) electrons. The van der Waals surface area contributed by atoms with Crippen molar-refractivity contribution in [1.29, 1.82) is 0 Å². The topological polar surface area (TPSA) is 50.4 Å². The van der Waals surface area contributed by atoms with E-state index in [1.165, 1.54) is 12.8 Å². The SMILES string of the molecule is CC(CC(=O)NC(c1ccccc1)C1CCCO1)C1CCNCC1.Cl. The van der Waals surface area contributed by atoms with Crippen LogP contribution in [0.1, 0.15) is 50.6 Å². The van der Waals surface area contributed by atoms with Crippen molar-refractivity contribution >= 4 is 18.3 Å². The van der Waals surface area contributed by atoms with Crippen LogP contribution in [0.2, 0.25) is 0 Å². The second-order valence-electron chi connectivity index (χ2n) is 7.28. The van der Waals surface area contributed by atoms with Crippen LogP contribution in [-0.2, 0) is 9.53 Å². The molecule has 0 bridgehead atoms. The molecule has 0 spiro atoms. The van der Waals surface area contributed by atoms with E-state index in [1.54, 1.807) is 0 Å². The molecule has 25 heavy (non-hydrogen) atoms. The molecule has 5 heteroatoms. The molecule has 2 aliphatic heterocycles. The monoisotopic (exact) mass is 366 g/mol. The first kappa shape index (κ1) is 20.2. The Balaban J connectivity index is 0.00000225. The Bertz CT molecular complexity index is 514. The van der Waals surface area contributed by atoms with E-state index in [1.807, 2.05) is 18.2 Å². The Morgan fingerprint density at radius 3 is 2.60 bits per heavy atom. The highest BCUT2D eigenvalue weighted by Crippen LogP contribution is 2.28. The van der Waals surface area contributed by atoms with E-state index in [0.717, 1.165) is 38.1 Å². The molecule has 4 nitrogen and oxygen atoms in total. The number of amides is 1. The van der Waals surface area contributed by atoms with Crippen LogP contribution < -0.4 is 10.6 Å². The first-order valence-corrected chi connectivity index (χ1v) is 9.40. The summed E-state index contributed by atoms with van der Waals surface area (Å²) in [6.45, 7) is 5.19. The van der Waals surface area contributed by atoms with E-state index in [0.29, 0.717) is 18.3 Å². The molecule has 1 amide bonds. The molecule has 2 aliphatic rings. The number of benzene rings is 1. The molecule has 0 aromatic heterocycles. The predicted molar refractivity (Wildman–Crippen MR) is 103 cm³/mol. The maximum atomic E-state index is 12.7. The summed E-state index contributed by atoms with van der Waals surface area (Å²) in [5, 5.41) is 6.66. The van der Waals surface area contributed by atoms with Gasteiger partial charge in [0.2, 0.25) is 5.91 Å². The summed E-state index contributed by atoms with van der Waals surface area (Å²) in [7, 11) is 0. The Hall–Kier alpha value is -1.10. The average molecular weight is 367 g/mol. The second kappa shape index (κ2) is 10.1. The van der Waals surface area contributed by atoms with Crippen molar-refractivity contribution in [3.05, 3.63) is 35.9 Å². The van der Waals surface area contributed by atoms with Gasteiger partial charge in [0.1, 0.15) is 0 Å². The summed E-state index contributed by atoms with van der Waals surface area (Å²) in [5.74, 6) is 1.26. The molecule has 3 rings (SSSR count). The van der Waals surface area contributed by atoms with Gasteiger partial charge in [0.05, 0.1) is 12.1 Å². The highest BCUT2D eigenvalue weighted by Gasteiger charge is 2.30. The molecular weight excluding hydrogens is 336 g/mol. The second-order valence-corrected chi connectivity index (χ2v) is 7.28. The number of hydrogen-bond acceptors (Lipinski definition) is 3. The van der Waals surface area contributed by atoms with Gasteiger partial charge in [-0.25, -0.2) is 0 Å². The minimum atomic E-state index is -0.0265. The highest BCUT2D eigenvalue weighted by molar-refractivity contribution is 5.85. The van der Waals surface area contributed by atoms with Gasteiger partial charge in [0.25, 0.3) is 0 Å². The predicted octanol–water partition coefficient (Wildman–Crippen LogP) is 3.47. The van der Waals surface area contributed by atoms with Crippen LogP contribution in [0, 0.1) is 11.8 Å². The number of hydrogen-bond donors (Lipinski definition) is 2. The van der Waals surface area contributed by atoms with Gasteiger partial charge >= 0.3 is 0 Å². The van der Waals surface area contributed by atoms with E-state index in [-0.39, 0.29) is 30.5 Å². The van der Waals surface area contributed by atoms with Gasteiger partial charge in [-0.3, -0.25) is 4.79 Å². The van der Waals surface area contributed by atoms with Crippen molar-refractivity contribution in [3.63, 3.8) is 0 Å². The van der Waals surface area contributed by atoms with Crippen LogP contribution in [0.4, 0.5) is 0 Å². The standard InChI is InChI=1S/C20H30N2O2.ClH/c1-15(16-9-11-21-12-10-16)14-19(23)22-20(18-8-5-13-24-18)17-6-3-2-4-7-17;/h2-4,6-7,15-16,18,20-21H,5,8-14H2,1H3,(H,22,23);1H. The van der Waals surface area contributed by atoms with Gasteiger partial charge in [0.15, 0.2) is 0 Å². The molecule has 2 fully saturated rings. The lowest BCUT2D eigenvalue weighted by Crippen LogP contribution is -2.38. The van der Waals surface area contributed by atoms with Gasteiger partial charge in [-0.05, 0) is 56.2 Å². The third-order valence-electron chi connectivity index (χ3n) is 5.51. The number of halogens is 1. The van der Waals surface area contributed by atoms with Crippen LogP contribution in [0.3, 0.4) is 0 Å². The van der Waals surface area contributed by atoms with Crippen LogP contribution in [0.5, 0.6) is 0 Å². The number of ether oxygens (including phenoxy) is 1. The van der Waals surface area contributed by atoms with Gasteiger partial charge in [-0.2, -0.15) is 0 Å². The maximum absolute atomic E-state index is 12.7. The van der Waals surface area contributed by atoms with Crippen molar-refractivity contribution in [2.45, 2.75) is 51.2 Å². The number of nitrogens with one attached hydrogen (secondary N) is 2. The minimum Gasteiger partial charge on any atom is -0.376 e. The fraction of sp³-hybridized carbons (Fsp3) is 0.650. The lowest BCUT2D eigenvalue weighted by Gasteiger charge is -2.29. The molecule has 0 aliphatic carbocycles. The normalized spacial score (nSPS) is 23.5. The van der Waals surface area contributed by atoms with E-state index >= 15 is 0 Å². The molecule has 1 aromatic rings. The summed E-state index contributed by atoms with van der Waals surface area (Å²) in [6, 6.07) is 10.2. The average Bonchev–Trinajstić information content (AvgIpc) is 3.15. The fourth-order valence-corrected chi connectivity index (χ4v) is 4.02. The number of carbonyl (C=O) groups is 1. The molecular formula is C20H31ClN2O2. The van der Waals surface area contributed by atoms with Crippen LogP contribution in [-0.4, -0.2) is 31.7 Å². The fourth-order valence-electron chi connectivity index (χ4n) is 4.02. The van der Waals surface area contributed by atoms with E-state index in [9.17, 15) is 4.79 Å².